The minimum atomic E-state index is 1.17. The van der Waals surface area contributed by atoms with Gasteiger partial charge in [-0.1, -0.05) is 60.7 Å². The van der Waals surface area contributed by atoms with Gasteiger partial charge in [-0.3, -0.25) is 0 Å². The zero-order valence-corrected chi connectivity index (χ0v) is 14.5. The minimum absolute atomic E-state index is 1.17. The molecule has 1 aromatic heterocycles. The van der Waals surface area contributed by atoms with Crippen LogP contribution in [-0.4, -0.2) is 4.57 Å². The topological polar surface area (TPSA) is 4.93 Å². The molecule has 0 saturated carbocycles. The molecule has 4 aromatic carbocycles. The molecule has 24 heavy (non-hydrogen) atoms. The monoisotopic (exact) mass is 371 g/mol. The Morgan fingerprint density at radius 2 is 1.29 bits per heavy atom. The van der Waals surface area contributed by atoms with Crippen LogP contribution in [0.2, 0.25) is 0 Å². The Hall–Kier alpha value is -2.58. The maximum absolute atomic E-state index is 3.88. The van der Waals surface area contributed by atoms with Gasteiger partial charge in [0.25, 0.3) is 0 Å². The number of hydrogen-bond acceptors (Lipinski definition) is 0. The smallest absolute Gasteiger partial charge is 0.0558 e. The standard InChI is InChI=1S/C22H14BrN/c23-22-17-11-5-4-8-15(17)14-20-21(22)18-12-6-7-13-19(18)24(20)16-9-2-1-3-10-16/h1-14H. The summed E-state index contributed by atoms with van der Waals surface area (Å²) in [5, 5.41) is 5.04. The van der Waals surface area contributed by atoms with Crippen LogP contribution in [0.15, 0.2) is 89.4 Å². The number of hydrogen-bond donors (Lipinski definition) is 0. The molecule has 2 heteroatoms. The zero-order chi connectivity index (χ0) is 16.1. The molecule has 0 N–H and O–H groups in total. The van der Waals surface area contributed by atoms with Gasteiger partial charge in [-0.2, -0.15) is 0 Å². The quantitative estimate of drug-likeness (QED) is 0.309. The van der Waals surface area contributed by atoms with E-state index in [9.17, 15) is 0 Å². The van der Waals surface area contributed by atoms with E-state index in [4.69, 9.17) is 0 Å². The fourth-order valence-electron chi connectivity index (χ4n) is 3.59. The van der Waals surface area contributed by atoms with Gasteiger partial charge in [0.15, 0.2) is 0 Å². The summed E-state index contributed by atoms with van der Waals surface area (Å²) in [5.41, 5.74) is 3.65. The van der Waals surface area contributed by atoms with Crippen molar-refractivity contribution in [2.75, 3.05) is 0 Å². The Morgan fingerprint density at radius 3 is 2.12 bits per heavy atom. The third-order valence-electron chi connectivity index (χ3n) is 4.63. The Bertz CT molecular complexity index is 1200. The first-order chi connectivity index (χ1) is 11.8. The molecule has 0 spiro atoms. The van der Waals surface area contributed by atoms with Gasteiger partial charge in [-0.05, 0) is 51.0 Å². The molecule has 0 amide bonds. The second kappa shape index (κ2) is 5.22. The van der Waals surface area contributed by atoms with E-state index in [1.165, 1.54) is 42.7 Å². The van der Waals surface area contributed by atoms with Crippen LogP contribution in [0.5, 0.6) is 0 Å². The van der Waals surface area contributed by atoms with Gasteiger partial charge in [-0.15, -0.1) is 0 Å². The van der Waals surface area contributed by atoms with Gasteiger partial charge in [-0.25, -0.2) is 0 Å². The van der Waals surface area contributed by atoms with E-state index < -0.39 is 0 Å². The molecule has 0 unspecified atom stereocenters. The number of aromatic nitrogens is 1. The molecular weight excluding hydrogens is 358 g/mol. The molecule has 0 aliphatic heterocycles. The van der Waals surface area contributed by atoms with E-state index in [2.05, 4.69) is 105 Å². The van der Waals surface area contributed by atoms with Crippen molar-refractivity contribution in [1.82, 2.24) is 4.57 Å². The maximum atomic E-state index is 3.88. The molecule has 1 nitrogen and oxygen atoms in total. The lowest BCUT2D eigenvalue weighted by atomic mass is 10.1. The summed E-state index contributed by atoms with van der Waals surface area (Å²) < 4.78 is 3.52. The molecule has 0 aliphatic carbocycles. The van der Waals surface area contributed by atoms with Crippen LogP contribution in [0, 0.1) is 0 Å². The second-order valence-corrected chi connectivity index (χ2v) is 6.79. The summed E-state index contributed by atoms with van der Waals surface area (Å²) in [4.78, 5) is 0. The van der Waals surface area contributed by atoms with Gasteiger partial charge in [0.2, 0.25) is 0 Å². The van der Waals surface area contributed by atoms with E-state index in [0.717, 1.165) is 0 Å². The number of halogens is 1. The molecule has 0 radical (unpaired) electrons. The van der Waals surface area contributed by atoms with Crippen LogP contribution < -0.4 is 0 Å². The van der Waals surface area contributed by atoms with E-state index in [1.54, 1.807) is 0 Å². The largest absolute Gasteiger partial charge is 0.309 e. The average molecular weight is 372 g/mol. The first-order valence-corrected chi connectivity index (χ1v) is 8.80. The first kappa shape index (κ1) is 13.8. The summed E-state index contributed by atoms with van der Waals surface area (Å²) in [6, 6.07) is 30.0. The Balaban J connectivity index is 2.08. The second-order valence-electron chi connectivity index (χ2n) is 5.99. The average Bonchev–Trinajstić information content (AvgIpc) is 2.97. The fourth-order valence-corrected chi connectivity index (χ4v) is 4.36. The molecule has 0 aliphatic rings. The van der Waals surface area contributed by atoms with Crippen molar-refractivity contribution < 1.29 is 0 Å². The summed E-state index contributed by atoms with van der Waals surface area (Å²) in [7, 11) is 0. The third kappa shape index (κ3) is 1.87. The maximum Gasteiger partial charge on any atom is 0.0558 e. The van der Waals surface area contributed by atoms with Crippen LogP contribution in [-0.2, 0) is 0 Å². The molecule has 114 valence electrons. The van der Waals surface area contributed by atoms with Crippen molar-refractivity contribution in [2.24, 2.45) is 0 Å². The lowest BCUT2D eigenvalue weighted by Gasteiger charge is -2.09. The fraction of sp³-hybridized carbons (Fsp3) is 0. The SMILES string of the molecule is Brc1c2ccccc2cc2c1c1ccccc1n2-c1ccccc1. The van der Waals surface area contributed by atoms with Gasteiger partial charge in [0.05, 0.1) is 11.0 Å². The summed E-state index contributed by atoms with van der Waals surface area (Å²) >= 11 is 3.88. The van der Waals surface area contributed by atoms with Crippen molar-refractivity contribution in [3.05, 3.63) is 89.4 Å². The van der Waals surface area contributed by atoms with E-state index >= 15 is 0 Å². The summed E-state index contributed by atoms with van der Waals surface area (Å²) in [6.45, 7) is 0. The highest BCUT2D eigenvalue weighted by Crippen LogP contribution is 2.40. The highest BCUT2D eigenvalue weighted by atomic mass is 79.9. The highest BCUT2D eigenvalue weighted by molar-refractivity contribution is 9.10. The van der Waals surface area contributed by atoms with Crippen LogP contribution in [0.4, 0.5) is 0 Å². The molecule has 0 atom stereocenters. The number of benzene rings is 4. The third-order valence-corrected chi connectivity index (χ3v) is 5.46. The van der Waals surface area contributed by atoms with Crippen molar-refractivity contribution >= 4 is 48.5 Å². The predicted molar refractivity (Wildman–Crippen MR) is 106 cm³/mol. The summed E-state index contributed by atoms with van der Waals surface area (Å²) in [6.07, 6.45) is 0. The molecule has 0 saturated heterocycles. The number of nitrogens with zero attached hydrogens (tertiary/aromatic N) is 1. The minimum Gasteiger partial charge on any atom is -0.309 e. The molecule has 0 bridgehead atoms. The number of fused-ring (bicyclic) bond motifs is 4. The van der Waals surface area contributed by atoms with Crippen molar-refractivity contribution in [1.29, 1.82) is 0 Å². The van der Waals surface area contributed by atoms with Gasteiger partial charge < -0.3 is 4.57 Å². The predicted octanol–water partition coefficient (Wildman–Crippen LogP) is 6.70. The number of rotatable bonds is 1. The van der Waals surface area contributed by atoms with E-state index in [1.807, 2.05) is 0 Å². The Morgan fingerprint density at radius 1 is 0.625 bits per heavy atom. The molecule has 5 rings (SSSR count). The normalized spacial score (nSPS) is 11.5. The molecule has 5 aromatic rings. The summed E-state index contributed by atoms with van der Waals surface area (Å²) in [5.74, 6) is 0. The lowest BCUT2D eigenvalue weighted by molar-refractivity contribution is 1.18. The molecule has 1 heterocycles. The molecule has 0 fully saturated rings. The lowest BCUT2D eigenvalue weighted by Crippen LogP contribution is -1.93. The number of para-hydroxylation sites is 2. The van der Waals surface area contributed by atoms with Gasteiger partial charge in [0.1, 0.15) is 0 Å². The first-order valence-electron chi connectivity index (χ1n) is 8.00. The van der Waals surface area contributed by atoms with Crippen LogP contribution in [0.3, 0.4) is 0 Å². The van der Waals surface area contributed by atoms with Crippen molar-refractivity contribution in [3.63, 3.8) is 0 Å². The van der Waals surface area contributed by atoms with Crippen molar-refractivity contribution in [2.45, 2.75) is 0 Å². The van der Waals surface area contributed by atoms with Crippen LogP contribution in [0.1, 0.15) is 0 Å². The highest BCUT2D eigenvalue weighted by Gasteiger charge is 2.16. The Labute approximate surface area is 148 Å². The zero-order valence-electron chi connectivity index (χ0n) is 12.9. The van der Waals surface area contributed by atoms with E-state index in [0.29, 0.717) is 0 Å². The van der Waals surface area contributed by atoms with Crippen molar-refractivity contribution in [3.8, 4) is 5.69 Å². The Kier molecular flexibility index (Phi) is 3.00. The van der Waals surface area contributed by atoms with E-state index in [-0.39, 0.29) is 0 Å². The van der Waals surface area contributed by atoms with Gasteiger partial charge >= 0.3 is 0 Å². The van der Waals surface area contributed by atoms with Gasteiger partial charge in [0, 0.05) is 20.9 Å². The van der Waals surface area contributed by atoms with Crippen LogP contribution in [0.25, 0.3) is 38.3 Å². The molecular formula is C22H14BrN. The van der Waals surface area contributed by atoms with Crippen LogP contribution >= 0.6 is 15.9 Å².